The van der Waals surface area contributed by atoms with Gasteiger partial charge in [0, 0.05) is 0 Å². The number of hydrogen-bond donors (Lipinski definition) is 1. The van der Waals surface area contributed by atoms with E-state index in [0.717, 1.165) is 17.7 Å². The molecular formula is C17H28FNO. The SMILES string of the molecule is CCCCCCCCCOc1ccc(F)cc1CCN. The van der Waals surface area contributed by atoms with Crippen molar-refractivity contribution < 1.29 is 9.13 Å². The van der Waals surface area contributed by atoms with E-state index in [9.17, 15) is 4.39 Å². The highest BCUT2D eigenvalue weighted by Gasteiger charge is 2.04. The third-order valence-corrected chi connectivity index (χ3v) is 3.44. The average molecular weight is 281 g/mol. The summed E-state index contributed by atoms with van der Waals surface area (Å²) >= 11 is 0. The second-order valence-corrected chi connectivity index (χ2v) is 5.26. The molecule has 0 spiro atoms. The van der Waals surface area contributed by atoms with Crippen LogP contribution in [0.25, 0.3) is 0 Å². The van der Waals surface area contributed by atoms with Crippen LogP contribution in [-0.2, 0) is 6.42 Å². The normalized spacial score (nSPS) is 10.8. The summed E-state index contributed by atoms with van der Waals surface area (Å²) in [6.07, 6.45) is 9.50. The Kier molecular flexibility index (Phi) is 9.05. The van der Waals surface area contributed by atoms with Crippen molar-refractivity contribution in [2.45, 2.75) is 58.3 Å². The lowest BCUT2D eigenvalue weighted by atomic mass is 10.1. The molecule has 0 radical (unpaired) electrons. The number of nitrogens with two attached hydrogens (primary N) is 1. The summed E-state index contributed by atoms with van der Waals surface area (Å²) in [5, 5.41) is 0. The Balaban J connectivity index is 2.21. The van der Waals surface area contributed by atoms with Crippen LogP contribution in [0.5, 0.6) is 5.75 Å². The first-order valence-electron chi connectivity index (χ1n) is 7.89. The van der Waals surface area contributed by atoms with Crippen LogP contribution >= 0.6 is 0 Å². The molecule has 1 aromatic carbocycles. The molecule has 0 saturated heterocycles. The van der Waals surface area contributed by atoms with Crippen molar-refractivity contribution in [3.05, 3.63) is 29.6 Å². The smallest absolute Gasteiger partial charge is 0.123 e. The summed E-state index contributed by atoms with van der Waals surface area (Å²) in [4.78, 5) is 0. The molecule has 0 unspecified atom stereocenters. The number of rotatable bonds is 11. The predicted octanol–water partition coefficient (Wildman–Crippen LogP) is 4.46. The van der Waals surface area contributed by atoms with Crippen molar-refractivity contribution in [1.29, 1.82) is 0 Å². The van der Waals surface area contributed by atoms with Gasteiger partial charge in [-0.3, -0.25) is 0 Å². The van der Waals surface area contributed by atoms with Crippen LogP contribution in [0.1, 0.15) is 57.4 Å². The van der Waals surface area contributed by atoms with Crippen molar-refractivity contribution >= 4 is 0 Å². The van der Waals surface area contributed by atoms with Crippen LogP contribution < -0.4 is 10.5 Å². The quantitative estimate of drug-likeness (QED) is 0.608. The minimum absolute atomic E-state index is 0.225. The van der Waals surface area contributed by atoms with Gasteiger partial charge in [0.1, 0.15) is 11.6 Å². The molecule has 0 aromatic heterocycles. The summed E-state index contributed by atoms with van der Waals surface area (Å²) in [6.45, 7) is 3.45. The average Bonchev–Trinajstić information content (AvgIpc) is 2.44. The van der Waals surface area contributed by atoms with Crippen molar-refractivity contribution in [3.63, 3.8) is 0 Å². The van der Waals surface area contributed by atoms with E-state index < -0.39 is 0 Å². The van der Waals surface area contributed by atoms with Crippen LogP contribution in [0.3, 0.4) is 0 Å². The van der Waals surface area contributed by atoms with Crippen molar-refractivity contribution in [1.82, 2.24) is 0 Å². The maximum atomic E-state index is 13.2. The van der Waals surface area contributed by atoms with E-state index in [1.54, 1.807) is 6.07 Å². The second-order valence-electron chi connectivity index (χ2n) is 5.26. The molecule has 0 fully saturated rings. The van der Waals surface area contributed by atoms with E-state index in [1.807, 2.05) is 0 Å². The Bertz CT molecular complexity index is 368. The van der Waals surface area contributed by atoms with Gasteiger partial charge in [-0.25, -0.2) is 4.39 Å². The van der Waals surface area contributed by atoms with Crippen molar-refractivity contribution in [2.24, 2.45) is 5.73 Å². The molecule has 20 heavy (non-hydrogen) atoms. The fourth-order valence-corrected chi connectivity index (χ4v) is 2.28. The molecular weight excluding hydrogens is 253 g/mol. The lowest BCUT2D eigenvalue weighted by Gasteiger charge is -2.11. The second kappa shape index (κ2) is 10.7. The molecule has 2 N–H and O–H groups in total. The van der Waals surface area contributed by atoms with Crippen molar-refractivity contribution in [3.8, 4) is 5.75 Å². The molecule has 0 heterocycles. The molecule has 0 aliphatic heterocycles. The van der Waals surface area contributed by atoms with Gasteiger partial charge in [0.25, 0.3) is 0 Å². The Hall–Kier alpha value is -1.09. The fraction of sp³-hybridized carbons (Fsp3) is 0.647. The van der Waals surface area contributed by atoms with Crippen LogP contribution in [0.2, 0.25) is 0 Å². The molecule has 0 aliphatic carbocycles. The zero-order valence-electron chi connectivity index (χ0n) is 12.7. The summed E-state index contributed by atoms with van der Waals surface area (Å²) in [7, 11) is 0. The first kappa shape index (κ1) is 17.0. The van der Waals surface area contributed by atoms with Gasteiger partial charge < -0.3 is 10.5 Å². The predicted molar refractivity (Wildman–Crippen MR) is 82.6 cm³/mol. The third-order valence-electron chi connectivity index (χ3n) is 3.44. The van der Waals surface area contributed by atoms with Gasteiger partial charge >= 0.3 is 0 Å². The summed E-state index contributed by atoms with van der Waals surface area (Å²) in [6, 6.07) is 4.68. The molecule has 0 aliphatic rings. The number of halogens is 1. The van der Waals surface area contributed by atoms with Gasteiger partial charge in [-0.05, 0) is 43.1 Å². The standard InChI is InChI=1S/C17H28FNO/c1-2-3-4-5-6-7-8-13-20-17-10-9-16(18)14-15(17)11-12-19/h9-10,14H,2-8,11-13,19H2,1H3. The third kappa shape index (κ3) is 6.90. The van der Waals surface area contributed by atoms with Gasteiger partial charge in [-0.1, -0.05) is 45.4 Å². The van der Waals surface area contributed by atoms with Gasteiger partial charge in [0.05, 0.1) is 6.61 Å². The molecule has 0 atom stereocenters. The molecule has 1 aromatic rings. The van der Waals surface area contributed by atoms with E-state index in [1.165, 1.54) is 50.7 Å². The van der Waals surface area contributed by atoms with Crippen LogP contribution in [0, 0.1) is 5.82 Å². The molecule has 1 rings (SSSR count). The minimum atomic E-state index is -0.225. The number of unbranched alkanes of at least 4 members (excludes halogenated alkanes) is 6. The highest BCUT2D eigenvalue weighted by atomic mass is 19.1. The highest BCUT2D eigenvalue weighted by Crippen LogP contribution is 2.20. The largest absolute Gasteiger partial charge is 0.493 e. The van der Waals surface area contributed by atoms with Gasteiger partial charge in [0.2, 0.25) is 0 Å². The number of ether oxygens (including phenoxy) is 1. The number of benzene rings is 1. The van der Waals surface area contributed by atoms with Crippen LogP contribution in [0.4, 0.5) is 4.39 Å². The Labute approximate surface area is 122 Å². The first-order valence-corrected chi connectivity index (χ1v) is 7.89. The van der Waals surface area contributed by atoms with Gasteiger partial charge in [-0.2, -0.15) is 0 Å². The Morgan fingerprint density at radius 2 is 1.75 bits per heavy atom. The van der Waals surface area contributed by atoms with E-state index in [2.05, 4.69) is 6.92 Å². The molecule has 0 saturated carbocycles. The van der Waals surface area contributed by atoms with Gasteiger partial charge in [-0.15, -0.1) is 0 Å². The van der Waals surface area contributed by atoms with Gasteiger partial charge in [0.15, 0.2) is 0 Å². The topological polar surface area (TPSA) is 35.2 Å². The van der Waals surface area contributed by atoms with E-state index in [0.29, 0.717) is 19.6 Å². The highest BCUT2D eigenvalue weighted by molar-refractivity contribution is 5.34. The minimum Gasteiger partial charge on any atom is -0.493 e. The fourth-order valence-electron chi connectivity index (χ4n) is 2.28. The Morgan fingerprint density at radius 3 is 2.45 bits per heavy atom. The molecule has 3 heteroatoms. The monoisotopic (exact) mass is 281 g/mol. The van der Waals surface area contributed by atoms with Crippen LogP contribution in [0.15, 0.2) is 18.2 Å². The maximum Gasteiger partial charge on any atom is 0.123 e. The molecule has 0 bridgehead atoms. The molecule has 114 valence electrons. The lowest BCUT2D eigenvalue weighted by molar-refractivity contribution is 0.301. The van der Waals surface area contributed by atoms with E-state index >= 15 is 0 Å². The van der Waals surface area contributed by atoms with Crippen molar-refractivity contribution in [2.75, 3.05) is 13.2 Å². The molecule has 2 nitrogen and oxygen atoms in total. The van der Waals surface area contributed by atoms with Crippen LogP contribution in [-0.4, -0.2) is 13.2 Å². The lowest BCUT2D eigenvalue weighted by Crippen LogP contribution is -2.06. The summed E-state index contributed by atoms with van der Waals surface area (Å²) in [5.41, 5.74) is 6.41. The van der Waals surface area contributed by atoms with E-state index in [4.69, 9.17) is 10.5 Å². The first-order chi connectivity index (χ1) is 9.77. The number of hydrogen-bond acceptors (Lipinski definition) is 2. The zero-order valence-corrected chi connectivity index (χ0v) is 12.7. The zero-order chi connectivity index (χ0) is 14.6. The summed E-state index contributed by atoms with van der Waals surface area (Å²) < 4.78 is 18.9. The Morgan fingerprint density at radius 1 is 1.05 bits per heavy atom. The summed E-state index contributed by atoms with van der Waals surface area (Å²) in [5.74, 6) is 0.555. The maximum absolute atomic E-state index is 13.2. The van der Waals surface area contributed by atoms with E-state index in [-0.39, 0.29) is 5.82 Å². The molecule has 0 amide bonds.